The van der Waals surface area contributed by atoms with E-state index in [1.54, 1.807) is 0 Å². The number of carbonyl (C=O) groups is 4. The first-order chi connectivity index (χ1) is 15.0. The van der Waals surface area contributed by atoms with Crippen molar-refractivity contribution in [2.45, 2.75) is 57.3 Å². The van der Waals surface area contributed by atoms with Crippen LogP contribution in [0.4, 0.5) is 0 Å². The van der Waals surface area contributed by atoms with Gasteiger partial charge in [-0.1, -0.05) is 0 Å². The van der Waals surface area contributed by atoms with Crippen LogP contribution < -0.4 is 33.2 Å². The molecule has 3 amide bonds. The fourth-order valence-electron chi connectivity index (χ4n) is 2.55. The molecule has 1 aromatic heterocycles. The van der Waals surface area contributed by atoms with Gasteiger partial charge in [-0.15, -0.1) is 0 Å². The Hall–Kier alpha value is -3.68. The zero-order valence-corrected chi connectivity index (χ0v) is 18.0. The number of carbonyl (C=O) groups excluding carboxylic acids is 3. The number of amides is 3. The summed E-state index contributed by atoms with van der Waals surface area (Å²) in [6.45, 7) is 2.99. The number of H-pyrrole nitrogens is 1. The summed E-state index contributed by atoms with van der Waals surface area (Å²) < 4.78 is 0. The highest BCUT2D eigenvalue weighted by Gasteiger charge is 2.29. The third kappa shape index (κ3) is 9.42. The first-order valence-electron chi connectivity index (χ1n) is 9.93. The van der Waals surface area contributed by atoms with Gasteiger partial charge in [-0.05, 0) is 26.7 Å². The Kier molecular flexibility index (Phi) is 10.6. The number of aromatic amines is 1. The summed E-state index contributed by atoms with van der Waals surface area (Å²) in [6.07, 6.45) is 3.43. The van der Waals surface area contributed by atoms with Crippen molar-refractivity contribution < 1.29 is 24.3 Å². The molecule has 1 rings (SSSR count). The fraction of sp³-hybridized carbons (Fsp3) is 0.556. The van der Waals surface area contributed by atoms with Crippen LogP contribution in [0.5, 0.6) is 0 Å². The SMILES string of the molecule is CC(N)C(=O)NC(CCCN=C(N)N)C(=O)NC(Cc1cnc[nH]1)C(=O)NC(C)C(=O)O. The number of guanidine groups is 1. The van der Waals surface area contributed by atoms with E-state index in [1.165, 1.54) is 26.4 Å². The maximum atomic E-state index is 12.9. The molecule has 0 spiro atoms. The quantitative estimate of drug-likeness (QED) is 0.0855. The van der Waals surface area contributed by atoms with E-state index in [1.807, 2.05) is 0 Å². The van der Waals surface area contributed by atoms with Crippen LogP contribution in [0.3, 0.4) is 0 Å². The topological polar surface area (TPSA) is 244 Å². The molecule has 0 saturated carbocycles. The Morgan fingerprint density at radius 2 is 1.72 bits per heavy atom. The second-order valence-corrected chi connectivity index (χ2v) is 7.21. The molecule has 0 radical (unpaired) electrons. The van der Waals surface area contributed by atoms with E-state index in [0.29, 0.717) is 12.1 Å². The third-order valence-electron chi connectivity index (χ3n) is 4.33. The molecule has 1 aromatic rings. The van der Waals surface area contributed by atoms with E-state index in [0.717, 1.165) is 0 Å². The average Bonchev–Trinajstić information content (AvgIpc) is 3.22. The van der Waals surface area contributed by atoms with Gasteiger partial charge in [0.05, 0.1) is 12.4 Å². The summed E-state index contributed by atoms with van der Waals surface area (Å²) >= 11 is 0. The zero-order valence-electron chi connectivity index (χ0n) is 18.0. The molecule has 0 saturated heterocycles. The molecule has 4 unspecified atom stereocenters. The molecule has 0 fully saturated rings. The van der Waals surface area contributed by atoms with Gasteiger partial charge in [-0.3, -0.25) is 24.2 Å². The van der Waals surface area contributed by atoms with Gasteiger partial charge in [-0.25, -0.2) is 4.98 Å². The molecule has 1 heterocycles. The summed E-state index contributed by atoms with van der Waals surface area (Å²) in [6, 6.07) is -4.17. The highest BCUT2D eigenvalue weighted by Crippen LogP contribution is 2.04. The van der Waals surface area contributed by atoms with Gasteiger partial charge in [0.1, 0.15) is 18.1 Å². The molecule has 4 atom stereocenters. The smallest absolute Gasteiger partial charge is 0.325 e. The number of carboxylic acid groups (broad SMARTS) is 1. The lowest BCUT2D eigenvalue weighted by molar-refractivity contribution is -0.141. The zero-order chi connectivity index (χ0) is 24.3. The Labute approximate surface area is 184 Å². The van der Waals surface area contributed by atoms with Crippen molar-refractivity contribution in [2.24, 2.45) is 22.2 Å². The lowest BCUT2D eigenvalue weighted by Crippen LogP contribution is -2.57. The number of nitrogens with zero attached hydrogens (tertiary/aromatic N) is 2. The van der Waals surface area contributed by atoms with E-state index in [2.05, 4.69) is 30.9 Å². The van der Waals surface area contributed by atoms with Gasteiger partial charge in [0.15, 0.2) is 5.96 Å². The Morgan fingerprint density at radius 3 is 2.25 bits per heavy atom. The Bertz CT molecular complexity index is 806. The van der Waals surface area contributed by atoms with Gasteiger partial charge in [0.25, 0.3) is 0 Å². The minimum Gasteiger partial charge on any atom is -0.480 e. The number of aromatic nitrogens is 2. The van der Waals surface area contributed by atoms with Crippen molar-refractivity contribution in [3.8, 4) is 0 Å². The van der Waals surface area contributed by atoms with E-state index >= 15 is 0 Å². The molecule has 178 valence electrons. The second kappa shape index (κ2) is 12.9. The van der Waals surface area contributed by atoms with Gasteiger partial charge in [0, 0.05) is 24.9 Å². The first kappa shape index (κ1) is 26.4. The van der Waals surface area contributed by atoms with E-state index in [9.17, 15) is 19.2 Å². The molecule has 0 aliphatic carbocycles. The molecule has 32 heavy (non-hydrogen) atoms. The number of nitrogens with one attached hydrogen (secondary N) is 4. The molecule has 0 bridgehead atoms. The first-order valence-corrected chi connectivity index (χ1v) is 9.93. The molecule has 11 N–H and O–H groups in total. The number of carboxylic acids is 1. The maximum absolute atomic E-state index is 12.9. The number of aliphatic imine (C=N–C) groups is 1. The van der Waals surface area contributed by atoms with Crippen LogP contribution in [-0.4, -0.2) is 75.4 Å². The Morgan fingerprint density at radius 1 is 1.09 bits per heavy atom. The van der Waals surface area contributed by atoms with Gasteiger partial charge >= 0.3 is 5.97 Å². The second-order valence-electron chi connectivity index (χ2n) is 7.21. The summed E-state index contributed by atoms with van der Waals surface area (Å²) in [5.74, 6) is -3.24. The van der Waals surface area contributed by atoms with Crippen LogP contribution in [0.25, 0.3) is 0 Å². The monoisotopic (exact) mass is 453 g/mol. The number of imidazole rings is 1. The van der Waals surface area contributed by atoms with Crippen LogP contribution in [0, 0.1) is 0 Å². The predicted molar refractivity (Wildman–Crippen MR) is 115 cm³/mol. The minimum atomic E-state index is -1.23. The molecule has 14 heteroatoms. The van der Waals surface area contributed by atoms with E-state index in [4.69, 9.17) is 22.3 Å². The van der Waals surface area contributed by atoms with Crippen molar-refractivity contribution in [1.82, 2.24) is 25.9 Å². The van der Waals surface area contributed by atoms with Gasteiger partial charge < -0.3 is 43.2 Å². The summed E-state index contributed by atoms with van der Waals surface area (Å²) in [5.41, 5.74) is 16.7. The number of hydrogen-bond donors (Lipinski definition) is 8. The molecule has 0 aliphatic rings. The highest BCUT2D eigenvalue weighted by atomic mass is 16.4. The molecule has 14 nitrogen and oxygen atoms in total. The molecule has 0 aliphatic heterocycles. The lowest BCUT2D eigenvalue weighted by atomic mass is 10.1. The fourth-order valence-corrected chi connectivity index (χ4v) is 2.55. The van der Waals surface area contributed by atoms with Gasteiger partial charge in [-0.2, -0.15) is 0 Å². The molecular weight excluding hydrogens is 422 g/mol. The molecule has 0 aromatic carbocycles. The van der Waals surface area contributed by atoms with Crippen LogP contribution in [-0.2, 0) is 25.6 Å². The van der Waals surface area contributed by atoms with Crippen molar-refractivity contribution >= 4 is 29.7 Å². The van der Waals surface area contributed by atoms with Crippen LogP contribution >= 0.6 is 0 Å². The normalized spacial score (nSPS) is 14.3. The summed E-state index contributed by atoms with van der Waals surface area (Å²) in [4.78, 5) is 59.2. The third-order valence-corrected chi connectivity index (χ3v) is 4.33. The Balaban J connectivity index is 2.96. The predicted octanol–water partition coefficient (Wildman–Crippen LogP) is -3.09. The average molecular weight is 454 g/mol. The standard InChI is InChI=1S/C18H31N9O5/c1-9(19)14(28)26-12(4-3-5-23-18(20)21)15(29)27-13(6-11-7-22-8-24-11)16(30)25-10(2)17(31)32/h7-10,12-13H,3-6,19H2,1-2H3,(H,22,24)(H,25,30)(H,26,28)(H,27,29)(H,31,32)(H4,20,21,23). The maximum Gasteiger partial charge on any atom is 0.325 e. The highest BCUT2D eigenvalue weighted by molar-refractivity contribution is 5.94. The number of hydrogen-bond acceptors (Lipinski definition) is 7. The summed E-state index contributed by atoms with van der Waals surface area (Å²) in [7, 11) is 0. The van der Waals surface area contributed by atoms with Crippen LogP contribution in [0.2, 0.25) is 0 Å². The number of rotatable bonds is 13. The van der Waals surface area contributed by atoms with Gasteiger partial charge in [0.2, 0.25) is 17.7 Å². The lowest BCUT2D eigenvalue weighted by Gasteiger charge is -2.24. The summed E-state index contributed by atoms with van der Waals surface area (Å²) in [5, 5.41) is 16.5. The van der Waals surface area contributed by atoms with Crippen LogP contribution in [0.15, 0.2) is 17.5 Å². The number of nitrogens with two attached hydrogens (primary N) is 3. The van der Waals surface area contributed by atoms with Crippen molar-refractivity contribution in [3.63, 3.8) is 0 Å². The largest absolute Gasteiger partial charge is 0.480 e. The minimum absolute atomic E-state index is 0.0197. The van der Waals surface area contributed by atoms with Crippen molar-refractivity contribution in [1.29, 1.82) is 0 Å². The van der Waals surface area contributed by atoms with Crippen molar-refractivity contribution in [2.75, 3.05) is 6.54 Å². The van der Waals surface area contributed by atoms with E-state index in [-0.39, 0.29) is 25.3 Å². The van der Waals surface area contributed by atoms with Crippen LogP contribution in [0.1, 0.15) is 32.4 Å². The molecular formula is C18H31N9O5. The number of aliphatic carboxylic acids is 1. The van der Waals surface area contributed by atoms with E-state index < -0.39 is 47.9 Å². The van der Waals surface area contributed by atoms with Crippen molar-refractivity contribution in [3.05, 3.63) is 18.2 Å².